The van der Waals surface area contributed by atoms with E-state index in [2.05, 4.69) is 34.6 Å². The summed E-state index contributed by atoms with van der Waals surface area (Å²) in [5, 5.41) is 10.8. The van der Waals surface area contributed by atoms with Crippen LogP contribution in [-0.4, -0.2) is 5.11 Å². The van der Waals surface area contributed by atoms with Crippen LogP contribution in [0.4, 0.5) is 0 Å². The van der Waals surface area contributed by atoms with Crippen LogP contribution < -0.4 is 0 Å². The maximum atomic E-state index is 10.0. The minimum Gasteiger partial charge on any atom is -0.508 e. The van der Waals surface area contributed by atoms with Gasteiger partial charge in [-0.25, -0.2) is 0 Å². The highest BCUT2D eigenvalue weighted by atomic mass is 35.5. The Labute approximate surface area is 103 Å². The molecule has 2 heteroatoms. The van der Waals surface area contributed by atoms with Gasteiger partial charge in [0.15, 0.2) is 0 Å². The van der Waals surface area contributed by atoms with E-state index in [1.54, 1.807) is 0 Å². The highest BCUT2D eigenvalue weighted by Crippen LogP contribution is 2.37. The van der Waals surface area contributed by atoms with Crippen LogP contribution in [0.15, 0.2) is 12.1 Å². The molecule has 1 aromatic rings. The van der Waals surface area contributed by atoms with Crippen LogP contribution in [0.1, 0.15) is 58.1 Å². The van der Waals surface area contributed by atoms with Gasteiger partial charge in [-0.15, -0.1) is 0 Å². The van der Waals surface area contributed by atoms with Crippen molar-refractivity contribution in [3.8, 4) is 5.75 Å². The minimum atomic E-state index is -0.0391. The molecule has 90 valence electrons. The number of phenols is 1. The Balaban J connectivity index is 3.28. The molecule has 0 aliphatic carbocycles. The molecule has 0 spiro atoms. The lowest BCUT2D eigenvalue weighted by Crippen LogP contribution is -2.12. The smallest absolute Gasteiger partial charge is 0.119 e. The van der Waals surface area contributed by atoms with Gasteiger partial charge in [0.2, 0.25) is 0 Å². The fraction of sp³-hybridized carbons (Fsp3) is 0.571. The van der Waals surface area contributed by atoms with Crippen LogP contribution in [0, 0.1) is 0 Å². The normalized spacial score (nSPS) is 13.9. The van der Waals surface area contributed by atoms with Crippen LogP contribution in [-0.2, 0) is 5.41 Å². The highest BCUT2D eigenvalue weighted by Gasteiger charge is 2.20. The number of hydrogen-bond acceptors (Lipinski definition) is 1. The van der Waals surface area contributed by atoms with Gasteiger partial charge < -0.3 is 5.11 Å². The van der Waals surface area contributed by atoms with Gasteiger partial charge in [0, 0.05) is 5.02 Å². The molecular weight excluding hydrogens is 220 g/mol. The Kier molecular flexibility index (Phi) is 3.90. The Morgan fingerprint density at radius 1 is 1.31 bits per heavy atom. The molecule has 0 aromatic heterocycles. The molecule has 16 heavy (non-hydrogen) atoms. The maximum Gasteiger partial charge on any atom is 0.119 e. The summed E-state index contributed by atoms with van der Waals surface area (Å²) in [6.45, 7) is 10.5. The number of rotatable bonds is 2. The molecule has 1 rings (SSSR count). The van der Waals surface area contributed by atoms with E-state index < -0.39 is 0 Å². The Hall–Kier alpha value is -0.690. The third kappa shape index (κ3) is 2.70. The summed E-state index contributed by atoms with van der Waals surface area (Å²) in [5.41, 5.74) is 1.90. The summed E-state index contributed by atoms with van der Waals surface area (Å²) in [5.74, 6) is 0.704. The van der Waals surface area contributed by atoms with E-state index in [0.29, 0.717) is 11.7 Å². The van der Waals surface area contributed by atoms with E-state index in [1.165, 1.54) is 0 Å². The Morgan fingerprint density at radius 3 is 2.31 bits per heavy atom. The zero-order valence-electron chi connectivity index (χ0n) is 10.8. The van der Waals surface area contributed by atoms with Crippen molar-refractivity contribution in [2.24, 2.45) is 0 Å². The monoisotopic (exact) mass is 240 g/mol. The van der Waals surface area contributed by atoms with Crippen LogP contribution in [0.25, 0.3) is 0 Å². The van der Waals surface area contributed by atoms with Crippen LogP contribution in [0.2, 0.25) is 5.02 Å². The van der Waals surface area contributed by atoms with Crippen molar-refractivity contribution in [1.82, 2.24) is 0 Å². The standard InChI is InChI=1S/C14H21ClO/c1-6-9(2)10-7-12(15)11(8-13(10)16)14(3,4)5/h7-9,16H,6H2,1-5H3. The molecule has 1 atom stereocenters. The van der Waals surface area contributed by atoms with Gasteiger partial charge in [-0.1, -0.05) is 46.2 Å². The topological polar surface area (TPSA) is 20.2 Å². The average Bonchev–Trinajstić information content (AvgIpc) is 2.18. The third-order valence-corrected chi connectivity index (χ3v) is 3.38. The fourth-order valence-electron chi connectivity index (χ4n) is 1.77. The van der Waals surface area contributed by atoms with Gasteiger partial charge >= 0.3 is 0 Å². The molecule has 1 N–H and O–H groups in total. The molecule has 0 heterocycles. The van der Waals surface area contributed by atoms with Crippen LogP contribution >= 0.6 is 11.6 Å². The summed E-state index contributed by atoms with van der Waals surface area (Å²) in [6, 6.07) is 3.72. The summed E-state index contributed by atoms with van der Waals surface area (Å²) in [7, 11) is 0. The predicted octanol–water partition coefficient (Wildman–Crippen LogP) is 4.86. The van der Waals surface area contributed by atoms with Gasteiger partial charge in [0.1, 0.15) is 5.75 Å². The van der Waals surface area contributed by atoms with Gasteiger partial charge in [-0.2, -0.15) is 0 Å². The van der Waals surface area contributed by atoms with E-state index in [4.69, 9.17) is 11.6 Å². The molecule has 1 nitrogen and oxygen atoms in total. The summed E-state index contributed by atoms with van der Waals surface area (Å²) < 4.78 is 0. The highest BCUT2D eigenvalue weighted by molar-refractivity contribution is 6.31. The Morgan fingerprint density at radius 2 is 1.88 bits per heavy atom. The maximum absolute atomic E-state index is 10.0. The largest absolute Gasteiger partial charge is 0.508 e. The van der Waals surface area contributed by atoms with Gasteiger partial charge in [-0.3, -0.25) is 0 Å². The minimum absolute atomic E-state index is 0.0391. The van der Waals surface area contributed by atoms with Crippen molar-refractivity contribution in [3.05, 3.63) is 28.3 Å². The molecule has 1 aromatic carbocycles. The number of hydrogen-bond donors (Lipinski definition) is 1. The first-order valence-electron chi connectivity index (χ1n) is 5.80. The van der Waals surface area contributed by atoms with E-state index in [1.807, 2.05) is 12.1 Å². The first-order valence-corrected chi connectivity index (χ1v) is 6.18. The van der Waals surface area contributed by atoms with E-state index in [0.717, 1.165) is 22.6 Å². The molecule has 0 fully saturated rings. The lowest BCUT2D eigenvalue weighted by molar-refractivity contribution is 0.458. The first-order chi connectivity index (χ1) is 7.27. The molecule has 0 radical (unpaired) electrons. The number of halogens is 1. The Bertz CT molecular complexity index is 377. The SMILES string of the molecule is CCC(C)c1cc(Cl)c(C(C)(C)C)cc1O. The first kappa shape index (κ1) is 13.4. The molecule has 1 unspecified atom stereocenters. The number of phenolic OH excluding ortho intramolecular Hbond substituents is 1. The van der Waals surface area contributed by atoms with Gasteiger partial charge in [-0.05, 0) is 41.0 Å². The van der Waals surface area contributed by atoms with Crippen molar-refractivity contribution in [3.63, 3.8) is 0 Å². The number of aromatic hydroxyl groups is 1. The lowest BCUT2D eigenvalue weighted by atomic mass is 9.85. The van der Waals surface area contributed by atoms with Crippen molar-refractivity contribution in [2.75, 3.05) is 0 Å². The molecule has 0 saturated carbocycles. The van der Waals surface area contributed by atoms with Crippen LogP contribution in [0.3, 0.4) is 0 Å². The molecule has 0 saturated heterocycles. The number of benzene rings is 1. The molecular formula is C14H21ClO. The van der Waals surface area contributed by atoms with Crippen LogP contribution in [0.5, 0.6) is 5.75 Å². The summed E-state index contributed by atoms with van der Waals surface area (Å²) in [6.07, 6.45) is 0.999. The third-order valence-electron chi connectivity index (χ3n) is 3.07. The molecule has 0 aliphatic rings. The quantitative estimate of drug-likeness (QED) is 0.783. The van der Waals surface area contributed by atoms with Crippen molar-refractivity contribution < 1.29 is 5.11 Å². The van der Waals surface area contributed by atoms with Gasteiger partial charge in [0.05, 0.1) is 0 Å². The van der Waals surface area contributed by atoms with E-state index in [-0.39, 0.29) is 5.41 Å². The molecule has 0 bridgehead atoms. The van der Waals surface area contributed by atoms with Crippen molar-refractivity contribution in [1.29, 1.82) is 0 Å². The van der Waals surface area contributed by atoms with Crippen molar-refractivity contribution >= 4 is 11.6 Å². The van der Waals surface area contributed by atoms with Crippen molar-refractivity contribution in [2.45, 2.75) is 52.4 Å². The second-order valence-electron chi connectivity index (χ2n) is 5.45. The molecule has 0 amide bonds. The summed E-state index contributed by atoms with van der Waals surface area (Å²) in [4.78, 5) is 0. The zero-order chi connectivity index (χ0) is 12.5. The average molecular weight is 241 g/mol. The second-order valence-corrected chi connectivity index (χ2v) is 5.86. The van der Waals surface area contributed by atoms with E-state index in [9.17, 15) is 5.11 Å². The molecule has 0 aliphatic heterocycles. The summed E-state index contributed by atoms with van der Waals surface area (Å²) >= 11 is 6.28. The lowest BCUT2D eigenvalue weighted by Gasteiger charge is -2.23. The van der Waals surface area contributed by atoms with E-state index >= 15 is 0 Å². The fourth-order valence-corrected chi connectivity index (χ4v) is 2.22. The zero-order valence-corrected chi connectivity index (χ0v) is 11.5. The second kappa shape index (κ2) is 4.67. The van der Waals surface area contributed by atoms with Gasteiger partial charge in [0.25, 0.3) is 0 Å². The predicted molar refractivity (Wildman–Crippen MR) is 70.5 cm³/mol.